The summed E-state index contributed by atoms with van der Waals surface area (Å²) >= 11 is 5.92. The van der Waals surface area contributed by atoms with Crippen molar-refractivity contribution in [3.8, 4) is 0 Å². The molecule has 2 saturated heterocycles. The Kier molecular flexibility index (Phi) is 5.86. The van der Waals surface area contributed by atoms with Gasteiger partial charge in [0.1, 0.15) is 15.9 Å². The van der Waals surface area contributed by atoms with Crippen molar-refractivity contribution in [2.45, 2.75) is 41.9 Å². The van der Waals surface area contributed by atoms with Gasteiger partial charge in [0.2, 0.25) is 15.9 Å². The highest BCUT2D eigenvalue weighted by Gasteiger charge is 2.42. The summed E-state index contributed by atoms with van der Waals surface area (Å²) in [7, 11) is -6.95. The van der Waals surface area contributed by atoms with E-state index in [0.29, 0.717) is 43.8 Å². The quantitative estimate of drug-likeness (QED) is 0.716. The summed E-state index contributed by atoms with van der Waals surface area (Å²) in [4.78, 5) is 14.6. The molecule has 0 bridgehead atoms. The molecule has 2 fully saturated rings. The number of carbonyl (C=O) groups is 1. The van der Waals surface area contributed by atoms with Crippen molar-refractivity contribution >= 4 is 37.4 Å². The van der Waals surface area contributed by atoms with Gasteiger partial charge in [-0.3, -0.25) is 4.79 Å². The number of amides is 1. The van der Waals surface area contributed by atoms with Crippen LogP contribution in [-0.4, -0.2) is 69.1 Å². The molecule has 150 valence electrons. The third kappa shape index (κ3) is 4.31. The predicted octanol–water partition coefficient (Wildman–Crippen LogP) is 1.53. The highest BCUT2D eigenvalue weighted by Crippen LogP contribution is 2.29. The van der Waals surface area contributed by atoms with Crippen LogP contribution in [0.15, 0.2) is 29.2 Å². The molecule has 1 aromatic rings. The van der Waals surface area contributed by atoms with Crippen LogP contribution in [0.25, 0.3) is 0 Å². The molecule has 2 aliphatic heterocycles. The fourth-order valence-corrected chi connectivity index (χ4v) is 6.77. The molecule has 1 aromatic carbocycles. The maximum absolute atomic E-state index is 13.0. The molecule has 27 heavy (non-hydrogen) atoms. The van der Waals surface area contributed by atoms with E-state index in [-0.39, 0.29) is 17.3 Å². The maximum Gasteiger partial charge on any atom is 0.243 e. The van der Waals surface area contributed by atoms with Crippen molar-refractivity contribution in [1.82, 2.24) is 9.21 Å². The Balaban J connectivity index is 1.76. The highest BCUT2D eigenvalue weighted by atomic mass is 35.5. The maximum atomic E-state index is 13.0. The van der Waals surface area contributed by atoms with Crippen LogP contribution < -0.4 is 0 Å². The first-order chi connectivity index (χ1) is 12.6. The number of rotatable bonds is 4. The Morgan fingerprint density at radius 2 is 1.74 bits per heavy atom. The van der Waals surface area contributed by atoms with Gasteiger partial charge in [-0.25, -0.2) is 16.8 Å². The van der Waals surface area contributed by atoms with Crippen LogP contribution in [0.5, 0.6) is 0 Å². The molecule has 0 spiro atoms. The molecule has 1 unspecified atom stereocenters. The topological polar surface area (TPSA) is 91.8 Å². The number of nitrogens with zero attached hydrogens (tertiary/aromatic N) is 2. The third-order valence-electron chi connectivity index (χ3n) is 5.25. The van der Waals surface area contributed by atoms with Gasteiger partial charge in [0.05, 0.1) is 10.1 Å². The normalized spacial score (nSPS) is 22.9. The van der Waals surface area contributed by atoms with E-state index in [0.717, 1.165) is 0 Å². The predicted molar refractivity (Wildman–Crippen MR) is 103 cm³/mol. The largest absolute Gasteiger partial charge is 0.341 e. The Morgan fingerprint density at radius 3 is 2.33 bits per heavy atom. The lowest BCUT2D eigenvalue weighted by Gasteiger charge is -2.34. The van der Waals surface area contributed by atoms with Crippen LogP contribution in [-0.2, 0) is 24.7 Å². The van der Waals surface area contributed by atoms with E-state index in [1.54, 1.807) is 17.0 Å². The number of likely N-dealkylation sites (tertiary alicyclic amines) is 1. The fourth-order valence-electron chi connectivity index (χ4n) is 3.75. The Bertz CT molecular complexity index is 924. The summed E-state index contributed by atoms with van der Waals surface area (Å²) in [5.74, 6) is -0.245. The lowest BCUT2D eigenvalue weighted by atomic mass is 10.1. The zero-order chi connectivity index (χ0) is 19.8. The van der Waals surface area contributed by atoms with Crippen LogP contribution in [0.2, 0.25) is 5.02 Å². The highest BCUT2D eigenvalue weighted by molar-refractivity contribution is 7.91. The third-order valence-corrected chi connectivity index (χ3v) is 9.07. The molecular weight excluding hydrogens is 412 g/mol. The van der Waals surface area contributed by atoms with Gasteiger partial charge in [0, 0.05) is 30.9 Å². The van der Waals surface area contributed by atoms with Gasteiger partial charge in [-0.05, 0) is 43.9 Å². The molecule has 1 atom stereocenters. The van der Waals surface area contributed by atoms with Gasteiger partial charge in [0.15, 0.2) is 0 Å². The summed E-state index contributed by atoms with van der Waals surface area (Å²) in [5.41, 5.74) is 0. The minimum atomic E-state index is -3.82. The molecule has 10 heteroatoms. The van der Waals surface area contributed by atoms with Gasteiger partial charge >= 0.3 is 0 Å². The first-order valence-electron chi connectivity index (χ1n) is 8.86. The Morgan fingerprint density at radius 1 is 1.07 bits per heavy atom. The molecule has 0 aromatic heterocycles. The molecule has 0 radical (unpaired) electrons. The standard InChI is InChI=1S/C17H23ClN2O5S2/c1-26(22,23)14-7-10-19(11-8-14)17(21)16-6-3-9-20(16)27(24,25)15-5-2-4-13(18)12-15/h2,4-5,12,14,16H,3,6-11H2,1H3. The Hall–Kier alpha value is -1.16. The van der Waals surface area contributed by atoms with Crippen molar-refractivity contribution in [2.75, 3.05) is 25.9 Å². The summed E-state index contributed by atoms with van der Waals surface area (Å²) in [6.07, 6.45) is 3.06. The van der Waals surface area contributed by atoms with Gasteiger partial charge in [-0.15, -0.1) is 0 Å². The second-order valence-electron chi connectivity index (χ2n) is 7.09. The first-order valence-corrected chi connectivity index (χ1v) is 12.6. The molecule has 3 rings (SSSR count). The number of carbonyl (C=O) groups excluding carboxylic acids is 1. The van der Waals surface area contributed by atoms with Crippen molar-refractivity contribution < 1.29 is 21.6 Å². The number of hydrogen-bond donors (Lipinski definition) is 0. The van der Waals surface area contributed by atoms with Gasteiger partial charge in [-0.2, -0.15) is 4.31 Å². The van der Waals surface area contributed by atoms with Crippen molar-refractivity contribution in [2.24, 2.45) is 0 Å². The minimum absolute atomic E-state index is 0.0745. The van der Waals surface area contributed by atoms with E-state index < -0.39 is 31.2 Å². The average molecular weight is 435 g/mol. The summed E-state index contributed by atoms with van der Waals surface area (Å²) in [5, 5.41) is -0.113. The smallest absolute Gasteiger partial charge is 0.243 e. The number of halogens is 1. The lowest BCUT2D eigenvalue weighted by Crippen LogP contribution is -2.51. The molecule has 7 nitrogen and oxygen atoms in total. The van der Waals surface area contributed by atoms with E-state index in [9.17, 15) is 21.6 Å². The number of sulfone groups is 1. The minimum Gasteiger partial charge on any atom is -0.341 e. The van der Waals surface area contributed by atoms with Crippen LogP contribution in [0, 0.1) is 0 Å². The second-order valence-corrected chi connectivity index (χ2v) is 11.7. The zero-order valence-electron chi connectivity index (χ0n) is 15.0. The van der Waals surface area contributed by atoms with Crippen LogP contribution in [0.1, 0.15) is 25.7 Å². The number of piperidine rings is 1. The van der Waals surface area contributed by atoms with E-state index in [2.05, 4.69) is 0 Å². The molecule has 2 aliphatic rings. The van der Waals surface area contributed by atoms with Gasteiger partial charge in [0.25, 0.3) is 0 Å². The first kappa shape index (κ1) is 20.6. The van der Waals surface area contributed by atoms with Gasteiger partial charge in [-0.1, -0.05) is 17.7 Å². The van der Waals surface area contributed by atoms with E-state index in [4.69, 9.17) is 11.6 Å². The van der Waals surface area contributed by atoms with E-state index >= 15 is 0 Å². The average Bonchev–Trinajstić information content (AvgIpc) is 3.11. The molecule has 0 N–H and O–H groups in total. The SMILES string of the molecule is CS(=O)(=O)C1CCN(C(=O)C2CCCN2S(=O)(=O)c2cccc(Cl)c2)CC1. The number of benzene rings is 1. The summed E-state index contributed by atoms with van der Waals surface area (Å²) < 4.78 is 50.6. The second kappa shape index (κ2) is 7.69. The molecule has 1 amide bonds. The lowest BCUT2D eigenvalue weighted by molar-refractivity contribution is -0.135. The molecule has 0 aliphatic carbocycles. The molecule has 2 heterocycles. The summed E-state index contributed by atoms with van der Waals surface area (Å²) in [6, 6.07) is 5.27. The monoisotopic (exact) mass is 434 g/mol. The van der Waals surface area contributed by atoms with Crippen molar-refractivity contribution in [3.05, 3.63) is 29.3 Å². The van der Waals surface area contributed by atoms with E-state index in [1.165, 1.54) is 22.7 Å². The van der Waals surface area contributed by atoms with Crippen LogP contribution >= 0.6 is 11.6 Å². The van der Waals surface area contributed by atoms with Crippen molar-refractivity contribution in [1.29, 1.82) is 0 Å². The van der Waals surface area contributed by atoms with Crippen molar-refractivity contribution in [3.63, 3.8) is 0 Å². The molecule has 0 saturated carbocycles. The van der Waals surface area contributed by atoms with Crippen LogP contribution in [0.4, 0.5) is 0 Å². The van der Waals surface area contributed by atoms with Crippen LogP contribution in [0.3, 0.4) is 0 Å². The number of sulfonamides is 1. The number of hydrogen-bond acceptors (Lipinski definition) is 5. The fraction of sp³-hybridized carbons (Fsp3) is 0.588. The molecular formula is C17H23ClN2O5S2. The zero-order valence-corrected chi connectivity index (χ0v) is 17.4. The van der Waals surface area contributed by atoms with Gasteiger partial charge < -0.3 is 4.90 Å². The summed E-state index contributed by atoms with van der Waals surface area (Å²) in [6.45, 7) is 0.946. The van der Waals surface area contributed by atoms with E-state index in [1.807, 2.05) is 0 Å². The Labute approximate surface area is 165 Å².